The fourth-order valence-electron chi connectivity index (χ4n) is 0.269. The lowest BCUT2D eigenvalue weighted by atomic mass is 10.2. The van der Waals surface area contributed by atoms with E-state index < -0.39 is 0 Å². The van der Waals surface area contributed by atoms with Crippen LogP contribution in [0, 0.1) is 0 Å². The molecule has 0 rings (SSSR count). The lowest BCUT2D eigenvalue weighted by molar-refractivity contribution is -0.116. The van der Waals surface area contributed by atoms with E-state index in [0.717, 1.165) is 0 Å². The molecule has 0 heterocycles. The van der Waals surface area contributed by atoms with Gasteiger partial charge in [-0.2, -0.15) is 0 Å². The van der Waals surface area contributed by atoms with Gasteiger partial charge in [-0.25, -0.2) is 0 Å². The highest BCUT2D eigenvalue weighted by atomic mass is 32.1. The molecule has 3 heteroatoms. The highest BCUT2D eigenvalue weighted by Gasteiger charge is 1.92. The van der Waals surface area contributed by atoms with Crippen LogP contribution in [0.4, 0.5) is 0 Å². The Bertz CT molecular complexity index is 97.0. The smallest absolute Gasteiger partial charge is 0.142 e. The number of carbonyl (C=O) groups excluding carboxylic acids is 1. The Labute approximate surface area is 59.1 Å². The minimum atomic E-state index is 0.0926. The first-order valence-corrected chi connectivity index (χ1v) is 3.14. The third-order valence-electron chi connectivity index (χ3n) is 0.622. The third kappa shape index (κ3) is 4.02. The molecule has 0 saturated heterocycles. The Balaban J connectivity index is 3.32. The monoisotopic (exact) mass is 146 g/mol. The van der Waals surface area contributed by atoms with Gasteiger partial charge >= 0.3 is 0 Å². The van der Waals surface area contributed by atoms with Crippen LogP contribution in [0.1, 0.15) is 12.8 Å². The van der Waals surface area contributed by atoms with Gasteiger partial charge in [-0.1, -0.05) is 24.4 Å². The average molecular weight is 146 g/mol. The quantitative estimate of drug-likeness (QED) is 0.557. The predicted molar refractivity (Wildman–Crippen MR) is 41.6 cm³/mol. The molecule has 44 valence electrons. The maximum Gasteiger partial charge on any atom is 0.142 e. The van der Waals surface area contributed by atoms with Gasteiger partial charge in [0.2, 0.25) is 0 Å². The number of carbonyl (C=O) groups is 1. The molecular formula is C5H6OS2. The van der Waals surface area contributed by atoms with E-state index in [1.165, 1.54) is 10.7 Å². The summed E-state index contributed by atoms with van der Waals surface area (Å²) in [7, 11) is 0. The summed E-state index contributed by atoms with van der Waals surface area (Å²) < 4.78 is 0. The summed E-state index contributed by atoms with van der Waals surface area (Å²) in [5.74, 6) is 0.0926. The third-order valence-corrected chi connectivity index (χ3v) is 0.955. The first-order chi connectivity index (χ1) is 3.81. The van der Waals surface area contributed by atoms with Crippen molar-refractivity contribution in [2.45, 2.75) is 12.8 Å². The number of thiocarbonyl (C=S) groups is 2. The molecule has 0 aromatic carbocycles. The Morgan fingerprint density at radius 2 is 1.62 bits per heavy atom. The van der Waals surface area contributed by atoms with Crippen LogP contribution in [0.25, 0.3) is 0 Å². The minimum Gasteiger partial charge on any atom is -0.299 e. The van der Waals surface area contributed by atoms with Gasteiger partial charge in [0.25, 0.3) is 0 Å². The zero-order chi connectivity index (χ0) is 6.41. The molecule has 0 aliphatic carbocycles. The Hall–Kier alpha value is -0.150. The van der Waals surface area contributed by atoms with E-state index in [1.54, 1.807) is 0 Å². The van der Waals surface area contributed by atoms with Crippen LogP contribution in [0.2, 0.25) is 0 Å². The molecule has 0 fully saturated rings. The van der Waals surface area contributed by atoms with Gasteiger partial charge in [0.1, 0.15) is 5.78 Å². The van der Waals surface area contributed by atoms with Gasteiger partial charge in [0.05, 0.1) is 0 Å². The van der Waals surface area contributed by atoms with Gasteiger partial charge < -0.3 is 0 Å². The van der Waals surface area contributed by atoms with Crippen molar-refractivity contribution in [2.75, 3.05) is 0 Å². The number of hydrogen-bond donors (Lipinski definition) is 0. The molecule has 0 bridgehead atoms. The molecule has 0 N–H and O–H groups in total. The standard InChI is InChI=1S/C5H6OS2/c6-5(1-3-7)2-4-8/h3-4H,1-2H2. The predicted octanol–water partition coefficient (Wildman–Crippen LogP) is 1.34. The normalized spacial score (nSPS) is 8.00. The summed E-state index contributed by atoms with van der Waals surface area (Å²) in [5, 5.41) is 2.84. The van der Waals surface area contributed by atoms with Crippen molar-refractivity contribution < 1.29 is 4.79 Å². The number of rotatable bonds is 4. The zero-order valence-corrected chi connectivity index (χ0v) is 5.93. The minimum absolute atomic E-state index is 0.0926. The maximum absolute atomic E-state index is 10.4. The number of Topliss-reactive ketones (excluding diaryl/α,β-unsaturated/α-hetero) is 1. The Morgan fingerprint density at radius 3 is 1.88 bits per heavy atom. The highest BCUT2D eigenvalue weighted by molar-refractivity contribution is 7.79. The van der Waals surface area contributed by atoms with Crippen LogP contribution < -0.4 is 0 Å². The molecule has 0 amide bonds. The molecule has 0 unspecified atom stereocenters. The number of hydrogen-bond acceptors (Lipinski definition) is 3. The Morgan fingerprint density at radius 1 is 1.25 bits per heavy atom. The Kier molecular flexibility index (Phi) is 4.90. The summed E-state index contributed by atoms with van der Waals surface area (Å²) in [4.78, 5) is 10.4. The molecule has 0 aliphatic heterocycles. The molecule has 0 aromatic heterocycles. The molecule has 0 aromatic rings. The second-order valence-corrected chi connectivity index (χ2v) is 1.95. The fraction of sp³-hybridized carbons (Fsp3) is 0.400. The van der Waals surface area contributed by atoms with Gasteiger partial charge in [-0.3, -0.25) is 4.79 Å². The average Bonchev–Trinajstić information content (AvgIpc) is 1.68. The van der Waals surface area contributed by atoms with Crippen LogP contribution in [0.15, 0.2) is 0 Å². The summed E-state index contributed by atoms with van der Waals surface area (Å²) in [6, 6.07) is 0. The summed E-state index contributed by atoms with van der Waals surface area (Å²) >= 11 is 8.90. The van der Waals surface area contributed by atoms with Crippen LogP contribution in [0.3, 0.4) is 0 Å². The van der Waals surface area contributed by atoms with Crippen molar-refractivity contribution in [1.29, 1.82) is 0 Å². The molecule has 8 heavy (non-hydrogen) atoms. The molecule has 0 saturated carbocycles. The zero-order valence-electron chi connectivity index (χ0n) is 4.29. The molecular weight excluding hydrogens is 140 g/mol. The second kappa shape index (κ2) is 5.00. The van der Waals surface area contributed by atoms with E-state index in [0.29, 0.717) is 12.8 Å². The van der Waals surface area contributed by atoms with Crippen molar-refractivity contribution >= 4 is 41.0 Å². The van der Waals surface area contributed by atoms with E-state index in [2.05, 4.69) is 24.4 Å². The highest BCUT2D eigenvalue weighted by Crippen LogP contribution is 1.83. The summed E-state index contributed by atoms with van der Waals surface area (Å²) in [6.07, 6.45) is 0.727. The van der Waals surface area contributed by atoms with E-state index in [1.807, 2.05) is 0 Å². The van der Waals surface area contributed by atoms with Crippen molar-refractivity contribution in [3.8, 4) is 0 Å². The van der Waals surface area contributed by atoms with E-state index in [-0.39, 0.29) is 5.78 Å². The van der Waals surface area contributed by atoms with Gasteiger partial charge in [0, 0.05) is 12.8 Å². The topological polar surface area (TPSA) is 17.1 Å². The van der Waals surface area contributed by atoms with E-state index >= 15 is 0 Å². The first kappa shape index (κ1) is 7.85. The molecule has 1 nitrogen and oxygen atoms in total. The lowest BCUT2D eigenvalue weighted by Gasteiger charge is -1.83. The van der Waals surface area contributed by atoms with Gasteiger partial charge in [-0.15, -0.1) is 0 Å². The van der Waals surface area contributed by atoms with E-state index in [4.69, 9.17) is 0 Å². The first-order valence-electron chi connectivity index (χ1n) is 2.20. The fourth-order valence-corrected chi connectivity index (χ4v) is 0.641. The van der Waals surface area contributed by atoms with Crippen molar-refractivity contribution in [1.82, 2.24) is 0 Å². The lowest BCUT2D eigenvalue weighted by Crippen LogP contribution is -1.96. The summed E-state index contributed by atoms with van der Waals surface area (Å²) in [5.41, 5.74) is 0. The van der Waals surface area contributed by atoms with Gasteiger partial charge in [-0.05, 0) is 10.7 Å². The van der Waals surface area contributed by atoms with Crippen LogP contribution in [0.5, 0.6) is 0 Å². The van der Waals surface area contributed by atoms with Crippen LogP contribution in [-0.4, -0.2) is 16.5 Å². The van der Waals surface area contributed by atoms with Crippen molar-refractivity contribution in [2.24, 2.45) is 0 Å². The van der Waals surface area contributed by atoms with Crippen LogP contribution in [-0.2, 0) is 4.79 Å². The molecule has 0 aliphatic rings. The summed E-state index contributed by atoms with van der Waals surface area (Å²) in [6.45, 7) is 0. The van der Waals surface area contributed by atoms with Crippen molar-refractivity contribution in [3.63, 3.8) is 0 Å². The largest absolute Gasteiger partial charge is 0.299 e. The number of ketones is 1. The van der Waals surface area contributed by atoms with Crippen LogP contribution >= 0.6 is 24.4 Å². The molecule has 0 atom stereocenters. The molecule has 0 radical (unpaired) electrons. The van der Waals surface area contributed by atoms with Crippen molar-refractivity contribution in [3.05, 3.63) is 0 Å². The second-order valence-electron chi connectivity index (χ2n) is 1.28. The SMILES string of the molecule is O=C(CC=S)CC=S. The van der Waals surface area contributed by atoms with Gasteiger partial charge in [0.15, 0.2) is 0 Å². The van der Waals surface area contributed by atoms with E-state index in [9.17, 15) is 4.79 Å². The molecule has 0 spiro atoms. The maximum atomic E-state index is 10.4.